The van der Waals surface area contributed by atoms with Gasteiger partial charge in [0, 0.05) is 34.0 Å². The number of nitrogens with zero attached hydrogens (tertiary/aromatic N) is 1. The van der Waals surface area contributed by atoms with Gasteiger partial charge in [0.2, 0.25) is 0 Å². The summed E-state index contributed by atoms with van der Waals surface area (Å²) < 4.78 is 10.8. The van der Waals surface area contributed by atoms with Crippen molar-refractivity contribution < 1.29 is 14.3 Å². The largest absolute Gasteiger partial charge is 0.494 e. The summed E-state index contributed by atoms with van der Waals surface area (Å²) in [5.41, 5.74) is 4.18. The van der Waals surface area contributed by atoms with Crippen molar-refractivity contribution in [2.75, 3.05) is 26.1 Å². The van der Waals surface area contributed by atoms with E-state index in [4.69, 9.17) is 32.7 Å². The summed E-state index contributed by atoms with van der Waals surface area (Å²) in [7, 11) is 1.41. The number of hydrogen-bond acceptors (Lipinski definition) is 3. The molecule has 7 heteroatoms. The van der Waals surface area contributed by atoms with Gasteiger partial charge in [-0.05, 0) is 54.3 Å². The van der Waals surface area contributed by atoms with Crippen LogP contribution in [-0.4, -0.2) is 42.1 Å². The summed E-state index contributed by atoms with van der Waals surface area (Å²) in [4.78, 5) is 17.8. The molecule has 29 heavy (non-hydrogen) atoms. The minimum Gasteiger partial charge on any atom is -0.494 e. The van der Waals surface area contributed by atoms with Gasteiger partial charge < -0.3 is 14.5 Å². The molecule has 1 aliphatic heterocycles. The summed E-state index contributed by atoms with van der Waals surface area (Å²) in [6.07, 6.45) is 1.18. The number of alkyl halides is 1. The van der Waals surface area contributed by atoms with Gasteiger partial charge in [0.25, 0.3) is 0 Å². The van der Waals surface area contributed by atoms with Gasteiger partial charge in [-0.3, -0.25) is 4.90 Å². The SMILES string of the molecule is COC(=O)N1CCc2c([nH]c3ccc(Cl)cc23)C1c1ccc(OCCCCl)cc1. The van der Waals surface area contributed by atoms with E-state index in [1.807, 2.05) is 42.5 Å². The van der Waals surface area contributed by atoms with Gasteiger partial charge in [-0.15, -0.1) is 11.6 Å². The smallest absolute Gasteiger partial charge is 0.410 e. The van der Waals surface area contributed by atoms with E-state index in [1.165, 1.54) is 12.7 Å². The summed E-state index contributed by atoms with van der Waals surface area (Å²) in [5, 5.41) is 1.80. The highest BCUT2D eigenvalue weighted by Gasteiger charge is 2.35. The number of hydrogen-bond donors (Lipinski definition) is 1. The summed E-state index contributed by atoms with van der Waals surface area (Å²) in [5.74, 6) is 1.35. The van der Waals surface area contributed by atoms with E-state index in [0.29, 0.717) is 24.1 Å². The number of aromatic amines is 1. The Bertz CT molecular complexity index is 1020. The summed E-state index contributed by atoms with van der Waals surface area (Å²) in [6.45, 7) is 1.14. The third-order valence-electron chi connectivity index (χ3n) is 5.24. The Morgan fingerprint density at radius 1 is 1.24 bits per heavy atom. The first-order valence-electron chi connectivity index (χ1n) is 9.55. The first-order valence-corrected chi connectivity index (χ1v) is 10.5. The van der Waals surface area contributed by atoms with Gasteiger partial charge in [0.05, 0.1) is 13.7 Å². The maximum Gasteiger partial charge on any atom is 0.410 e. The van der Waals surface area contributed by atoms with Gasteiger partial charge in [0.15, 0.2) is 0 Å². The molecule has 0 bridgehead atoms. The summed E-state index contributed by atoms with van der Waals surface area (Å²) in [6, 6.07) is 13.4. The van der Waals surface area contributed by atoms with E-state index in [0.717, 1.165) is 40.8 Å². The molecule has 1 amide bonds. The van der Waals surface area contributed by atoms with Crippen LogP contribution in [0.3, 0.4) is 0 Å². The zero-order chi connectivity index (χ0) is 20.4. The number of benzene rings is 2. The minimum atomic E-state index is -0.347. The standard InChI is InChI=1S/C22H22Cl2N2O3/c1-28-22(27)26-11-9-17-18-13-15(24)5-8-19(18)25-20(17)21(26)14-3-6-16(7-4-14)29-12-2-10-23/h3-8,13,21,25H,2,9-12H2,1H3. The lowest BCUT2D eigenvalue weighted by Gasteiger charge is -2.35. The Labute approximate surface area is 179 Å². The predicted octanol–water partition coefficient (Wildman–Crippen LogP) is 5.54. The van der Waals surface area contributed by atoms with E-state index in [-0.39, 0.29) is 12.1 Å². The van der Waals surface area contributed by atoms with Crippen LogP contribution in [0.5, 0.6) is 5.75 Å². The highest BCUT2D eigenvalue weighted by molar-refractivity contribution is 6.31. The van der Waals surface area contributed by atoms with Crippen molar-refractivity contribution in [2.45, 2.75) is 18.9 Å². The second-order valence-corrected chi connectivity index (χ2v) is 7.80. The van der Waals surface area contributed by atoms with Crippen LogP contribution in [0.4, 0.5) is 4.79 Å². The quantitative estimate of drug-likeness (QED) is 0.425. The fourth-order valence-electron chi connectivity index (χ4n) is 3.91. The first-order chi connectivity index (χ1) is 14.1. The van der Waals surface area contributed by atoms with Crippen molar-refractivity contribution in [1.82, 2.24) is 9.88 Å². The van der Waals surface area contributed by atoms with E-state index in [9.17, 15) is 4.79 Å². The zero-order valence-electron chi connectivity index (χ0n) is 16.1. The number of methoxy groups -OCH3 is 1. The maximum absolute atomic E-state index is 12.5. The normalized spacial score (nSPS) is 16.0. The monoisotopic (exact) mass is 432 g/mol. The number of nitrogens with one attached hydrogen (secondary N) is 1. The molecule has 0 saturated carbocycles. The Morgan fingerprint density at radius 2 is 2.03 bits per heavy atom. The van der Waals surface area contributed by atoms with Crippen LogP contribution in [-0.2, 0) is 11.2 Å². The highest BCUT2D eigenvalue weighted by atomic mass is 35.5. The number of aromatic nitrogens is 1. The van der Waals surface area contributed by atoms with Crippen molar-refractivity contribution in [2.24, 2.45) is 0 Å². The number of amides is 1. The molecule has 1 unspecified atom stereocenters. The first kappa shape index (κ1) is 19.9. The topological polar surface area (TPSA) is 54.6 Å². The predicted molar refractivity (Wildman–Crippen MR) is 115 cm³/mol. The second kappa shape index (κ2) is 8.56. The van der Waals surface area contributed by atoms with E-state index >= 15 is 0 Å². The summed E-state index contributed by atoms with van der Waals surface area (Å²) >= 11 is 11.9. The van der Waals surface area contributed by atoms with Crippen molar-refractivity contribution in [3.05, 3.63) is 64.3 Å². The number of carbonyl (C=O) groups excluding carboxylic acids is 1. The minimum absolute atomic E-state index is 0.269. The number of rotatable bonds is 5. The molecule has 0 radical (unpaired) electrons. The van der Waals surface area contributed by atoms with Crippen LogP contribution in [0, 0.1) is 0 Å². The lowest BCUT2D eigenvalue weighted by molar-refractivity contribution is 0.108. The molecule has 2 aromatic carbocycles. The van der Waals surface area contributed by atoms with Crippen LogP contribution in [0.1, 0.15) is 29.3 Å². The number of ether oxygens (including phenoxy) is 2. The van der Waals surface area contributed by atoms with Gasteiger partial charge in [-0.25, -0.2) is 4.79 Å². The average Bonchev–Trinajstić information content (AvgIpc) is 3.11. The Hall–Kier alpha value is -2.37. The van der Waals surface area contributed by atoms with Gasteiger partial charge in [-0.1, -0.05) is 23.7 Å². The molecule has 1 N–H and O–H groups in total. The molecule has 152 valence electrons. The molecule has 1 aromatic heterocycles. The van der Waals surface area contributed by atoms with Crippen molar-refractivity contribution >= 4 is 40.2 Å². The number of carbonyl (C=O) groups is 1. The van der Waals surface area contributed by atoms with Crippen LogP contribution in [0.2, 0.25) is 5.02 Å². The van der Waals surface area contributed by atoms with Crippen molar-refractivity contribution in [3.8, 4) is 5.75 Å². The molecule has 4 rings (SSSR count). The molecule has 1 atom stereocenters. The molecule has 0 aliphatic carbocycles. The van der Waals surface area contributed by atoms with Crippen molar-refractivity contribution in [3.63, 3.8) is 0 Å². The third-order valence-corrected chi connectivity index (χ3v) is 5.74. The van der Waals surface area contributed by atoms with Crippen LogP contribution < -0.4 is 4.74 Å². The molecular formula is C22H22Cl2N2O3. The molecule has 5 nitrogen and oxygen atoms in total. The van der Waals surface area contributed by atoms with Gasteiger partial charge in [-0.2, -0.15) is 0 Å². The maximum atomic E-state index is 12.5. The lowest BCUT2D eigenvalue weighted by Crippen LogP contribution is -2.40. The average molecular weight is 433 g/mol. The fraction of sp³-hybridized carbons (Fsp3) is 0.318. The zero-order valence-corrected chi connectivity index (χ0v) is 17.6. The molecular weight excluding hydrogens is 411 g/mol. The molecule has 0 fully saturated rings. The van der Waals surface area contributed by atoms with Crippen LogP contribution in [0.25, 0.3) is 10.9 Å². The molecule has 2 heterocycles. The highest BCUT2D eigenvalue weighted by Crippen LogP contribution is 2.39. The Morgan fingerprint density at radius 3 is 2.76 bits per heavy atom. The molecule has 3 aromatic rings. The molecule has 0 spiro atoms. The van der Waals surface area contributed by atoms with E-state index < -0.39 is 0 Å². The van der Waals surface area contributed by atoms with Crippen LogP contribution in [0.15, 0.2) is 42.5 Å². The van der Waals surface area contributed by atoms with Crippen molar-refractivity contribution in [1.29, 1.82) is 0 Å². The Balaban J connectivity index is 1.74. The number of fused-ring (bicyclic) bond motifs is 3. The fourth-order valence-corrected chi connectivity index (χ4v) is 4.19. The Kier molecular flexibility index (Phi) is 5.88. The number of halogens is 2. The van der Waals surface area contributed by atoms with E-state index in [2.05, 4.69) is 4.98 Å². The van der Waals surface area contributed by atoms with Gasteiger partial charge >= 0.3 is 6.09 Å². The lowest BCUT2D eigenvalue weighted by atomic mass is 9.92. The molecule has 1 aliphatic rings. The third kappa shape index (κ3) is 3.89. The second-order valence-electron chi connectivity index (χ2n) is 6.98. The number of H-pyrrole nitrogens is 1. The van der Waals surface area contributed by atoms with E-state index in [1.54, 1.807) is 4.90 Å². The van der Waals surface area contributed by atoms with Crippen LogP contribution >= 0.6 is 23.2 Å². The molecule has 0 saturated heterocycles. The van der Waals surface area contributed by atoms with Gasteiger partial charge in [0.1, 0.15) is 11.8 Å².